The topological polar surface area (TPSA) is 34.2 Å². The van der Waals surface area contributed by atoms with Crippen molar-refractivity contribution >= 4 is 15.9 Å². The van der Waals surface area contributed by atoms with Gasteiger partial charge in [0.2, 0.25) is 0 Å². The molecule has 0 saturated heterocycles. The number of rotatable bonds is 5. The Balaban J connectivity index is 2.70. The van der Waals surface area contributed by atoms with Crippen LogP contribution in [0.1, 0.15) is 19.0 Å². The molecule has 0 saturated carbocycles. The van der Waals surface area contributed by atoms with Crippen molar-refractivity contribution in [2.45, 2.75) is 19.9 Å². The van der Waals surface area contributed by atoms with Gasteiger partial charge in [-0.05, 0) is 35.0 Å². The molecule has 0 bridgehead atoms. The van der Waals surface area contributed by atoms with E-state index in [-0.39, 0.29) is 0 Å². The largest absolute Gasteiger partial charge is 0.494 e. The van der Waals surface area contributed by atoms with Crippen LogP contribution in [0.25, 0.3) is 0 Å². The molecule has 1 aromatic heterocycles. The number of pyridine rings is 1. The summed E-state index contributed by atoms with van der Waals surface area (Å²) in [6.07, 6.45) is 2.89. The van der Waals surface area contributed by atoms with Crippen LogP contribution in [-0.2, 0) is 6.54 Å². The van der Waals surface area contributed by atoms with Gasteiger partial charge >= 0.3 is 0 Å². The van der Waals surface area contributed by atoms with Gasteiger partial charge in [-0.15, -0.1) is 0 Å². The normalized spacial score (nSPS) is 10.2. The standard InChI is InChI=1S/C10H15BrN2O/c1-3-5-12-7-9-10(14-2)8(11)4-6-13-9/h4,6,12H,3,5,7H2,1-2H3. The van der Waals surface area contributed by atoms with E-state index in [2.05, 4.69) is 33.2 Å². The molecule has 0 aliphatic heterocycles. The first-order valence-corrected chi connectivity index (χ1v) is 5.47. The monoisotopic (exact) mass is 258 g/mol. The molecule has 3 nitrogen and oxygen atoms in total. The number of hydrogen-bond acceptors (Lipinski definition) is 3. The van der Waals surface area contributed by atoms with E-state index in [1.165, 1.54) is 0 Å². The van der Waals surface area contributed by atoms with Gasteiger partial charge in [-0.2, -0.15) is 0 Å². The maximum atomic E-state index is 5.26. The predicted octanol–water partition coefficient (Wildman–Crippen LogP) is 2.35. The van der Waals surface area contributed by atoms with Crippen LogP contribution in [0.3, 0.4) is 0 Å². The van der Waals surface area contributed by atoms with Gasteiger partial charge in [-0.3, -0.25) is 4.98 Å². The summed E-state index contributed by atoms with van der Waals surface area (Å²) in [4.78, 5) is 4.26. The van der Waals surface area contributed by atoms with Crippen molar-refractivity contribution in [3.05, 3.63) is 22.4 Å². The van der Waals surface area contributed by atoms with Crippen LogP contribution in [0.2, 0.25) is 0 Å². The van der Waals surface area contributed by atoms with Crippen LogP contribution in [0.5, 0.6) is 5.75 Å². The third kappa shape index (κ3) is 2.96. The second kappa shape index (κ2) is 5.98. The summed E-state index contributed by atoms with van der Waals surface area (Å²) in [5, 5.41) is 3.29. The van der Waals surface area contributed by atoms with Gasteiger partial charge in [-0.25, -0.2) is 0 Å². The first kappa shape index (κ1) is 11.5. The third-order valence-corrected chi connectivity index (χ3v) is 2.48. The number of aromatic nitrogens is 1. The van der Waals surface area contributed by atoms with Gasteiger partial charge < -0.3 is 10.1 Å². The van der Waals surface area contributed by atoms with Crippen molar-refractivity contribution in [3.8, 4) is 5.75 Å². The first-order valence-electron chi connectivity index (χ1n) is 4.67. The fraction of sp³-hybridized carbons (Fsp3) is 0.500. The zero-order valence-electron chi connectivity index (χ0n) is 8.51. The molecule has 0 unspecified atom stereocenters. The van der Waals surface area contributed by atoms with Crippen molar-refractivity contribution < 1.29 is 4.74 Å². The van der Waals surface area contributed by atoms with E-state index >= 15 is 0 Å². The lowest BCUT2D eigenvalue weighted by Gasteiger charge is -2.09. The average molecular weight is 259 g/mol. The zero-order chi connectivity index (χ0) is 10.4. The molecule has 1 N–H and O–H groups in total. The number of nitrogens with one attached hydrogen (secondary N) is 1. The molecule has 0 aliphatic rings. The fourth-order valence-electron chi connectivity index (χ4n) is 1.19. The minimum Gasteiger partial charge on any atom is -0.494 e. The van der Waals surface area contributed by atoms with Crippen molar-refractivity contribution in [1.29, 1.82) is 0 Å². The van der Waals surface area contributed by atoms with E-state index in [1.807, 2.05) is 6.07 Å². The molecule has 4 heteroatoms. The molecule has 14 heavy (non-hydrogen) atoms. The maximum absolute atomic E-state index is 5.26. The lowest BCUT2D eigenvalue weighted by atomic mass is 10.3. The molecule has 0 aromatic carbocycles. The first-order chi connectivity index (χ1) is 6.79. The Bertz CT molecular complexity index is 291. The lowest BCUT2D eigenvalue weighted by Crippen LogP contribution is -2.15. The summed E-state index contributed by atoms with van der Waals surface area (Å²) in [5.41, 5.74) is 0.940. The molecule has 0 aliphatic carbocycles. The second-order valence-electron chi connectivity index (χ2n) is 2.95. The van der Waals surface area contributed by atoms with Gasteiger partial charge in [0.1, 0.15) is 0 Å². The Labute approximate surface area is 93.0 Å². The highest BCUT2D eigenvalue weighted by Crippen LogP contribution is 2.26. The molecule has 78 valence electrons. The van der Waals surface area contributed by atoms with Crippen LogP contribution in [-0.4, -0.2) is 18.6 Å². The second-order valence-corrected chi connectivity index (χ2v) is 3.80. The molecule has 0 amide bonds. The molecular weight excluding hydrogens is 244 g/mol. The van der Waals surface area contributed by atoms with Crippen molar-refractivity contribution in [2.75, 3.05) is 13.7 Å². The van der Waals surface area contributed by atoms with Crippen molar-refractivity contribution in [2.24, 2.45) is 0 Å². The van der Waals surface area contributed by atoms with Crippen LogP contribution < -0.4 is 10.1 Å². The van der Waals surface area contributed by atoms with Crippen LogP contribution >= 0.6 is 15.9 Å². The Morgan fingerprint density at radius 1 is 1.57 bits per heavy atom. The van der Waals surface area contributed by atoms with Gasteiger partial charge in [-0.1, -0.05) is 6.92 Å². The van der Waals surface area contributed by atoms with Gasteiger partial charge in [0, 0.05) is 12.7 Å². The Morgan fingerprint density at radius 2 is 2.36 bits per heavy atom. The summed E-state index contributed by atoms with van der Waals surface area (Å²) in [6.45, 7) is 3.88. The molecule has 1 rings (SSSR count). The van der Waals surface area contributed by atoms with Crippen LogP contribution in [0.15, 0.2) is 16.7 Å². The highest BCUT2D eigenvalue weighted by atomic mass is 79.9. The quantitative estimate of drug-likeness (QED) is 0.824. The molecular formula is C10H15BrN2O. The Hall–Kier alpha value is -0.610. The minimum absolute atomic E-state index is 0.746. The number of ether oxygens (including phenoxy) is 1. The molecule has 1 aromatic rings. The summed E-state index contributed by atoms with van der Waals surface area (Å²) in [6, 6.07) is 1.88. The molecule has 0 radical (unpaired) electrons. The molecule has 0 fully saturated rings. The Kier molecular flexibility index (Phi) is 4.90. The average Bonchev–Trinajstić information content (AvgIpc) is 2.18. The van der Waals surface area contributed by atoms with E-state index in [0.717, 1.165) is 35.4 Å². The number of nitrogens with zero attached hydrogens (tertiary/aromatic N) is 1. The zero-order valence-corrected chi connectivity index (χ0v) is 10.1. The Morgan fingerprint density at radius 3 is 3.00 bits per heavy atom. The SMILES string of the molecule is CCCNCc1nccc(Br)c1OC. The minimum atomic E-state index is 0.746. The van der Waals surface area contributed by atoms with Crippen molar-refractivity contribution in [1.82, 2.24) is 10.3 Å². The van der Waals surface area contributed by atoms with E-state index in [1.54, 1.807) is 13.3 Å². The number of methoxy groups -OCH3 is 1. The van der Waals surface area contributed by atoms with Crippen molar-refractivity contribution in [3.63, 3.8) is 0 Å². The van der Waals surface area contributed by atoms with Gasteiger partial charge in [0.25, 0.3) is 0 Å². The van der Waals surface area contributed by atoms with E-state index in [4.69, 9.17) is 4.74 Å². The van der Waals surface area contributed by atoms with E-state index in [0.29, 0.717) is 0 Å². The van der Waals surface area contributed by atoms with Gasteiger partial charge in [0.05, 0.1) is 17.3 Å². The fourth-order valence-corrected chi connectivity index (χ4v) is 1.70. The highest BCUT2D eigenvalue weighted by molar-refractivity contribution is 9.10. The third-order valence-electron chi connectivity index (χ3n) is 1.85. The predicted molar refractivity (Wildman–Crippen MR) is 60.5 cm³/mol. The van der Waals surface area contributed by atoms with Gasteiger partial charge in [0.15, 0.2) is 5.75 Å². The summed E-state index contributed by atoms with van der Waals surface area (Å²) < 4.78 is 6.20. The highest BCUT2D eigenvalue weighted by Gasteiger charge is 2.07. The number of hydrogen-bond donors (Lipinski definition) is 1. The lowest BCUT2D eigenvalue weighted by molar-refractivity contribution is 0.401. The molecule has 1 heterocycles. The van der Waals surface area contributed by atoms with E-state index in [9.17, 15) is 0 Å². The van der Waals surface area contributed by atoms with Crippen LogP contribution in [0, 0.1) is 0 Å². The smallest absolute Gasteiger partial charge is 0.155 e. The number of halogens is 1. The van der Waals surface area contributed by atoms with E-state index < -0.39 is 0 Å². The summed E-state index contributed by atoms with van der Waals surface area (Å²) in [7, 11) is 1.66. The molecule has 0 spiro atoms. The molecule has 0 atom stereocenters. The van der Waals surface area contributed by atoms with Crippen LogP contribution in [0.4, 0.5) is 0 Å². The summed E-state index contributed by atoms with van der Waals surface area (Å²) >= 11 is 3.42. The maximum Gasteiger partial charge on any atom is 0.155 e. The summed E-state index contributed by atoms with van der Waals surface area (Å²) in [5.74, 6) is 0.816.